The number of carbonyl (C=O) groups is 2. The monoisotopic (exact) mass is 586 g/mol. The first-order chi connectivity index (χ1) is 19.7. The van der Waals surface area contributed by atoms with Crippen molar-refractivity contribution < 1.29 is 31.9 Å². The smallest absolute Gasteiger partial charge is 0.378 e. The molecule has 0 aromatic heterocycles. The minimum Gasteiger partial charge on any atom is -0.378 e. The van der Waals surface area contributed by atoms with Crippen molar-refractivity contribution in [1.82, 2.24) is 5.32 Å². The molecule has 0 saturated carbocycles. The Morgan fingerprint density at radius 1 is 1.17 bits per heavy atom. The molecule has 12 heteroatoms. The highest BCUT2D eigenvalue weighted by atomic mass is 32.2. The maximum absolute atomic E-state index is 14.9. The SMILES string of the molecule is N#CC1=C(SCC(=O)Nc2cc(C(F)(F)F)ccc2N2CCOCC2)NC2=C(C(=O)CCC2)C1c1ccccc1F. The topological polar surface area (TPSA) is 94.5 Å². The van der Waals surface area contributed by atoms with Crippen molar-refractivity contribution in [2.24, 2.45) is 0 Å². The van der Waals surface area contributed by atoms with Gasteiger partial charge in [0.2, 0.25) is 5.91 Å². The molecule has 3 aliphatic rings. The van der Waals surface area contributed by atoms with E-state index in [1.165, 1.54) is 24.3 Å². The number of anilines is 2. The average Bonchev–Trinajstić information content (AvgIpc) is 2.96. The van der Waals surface area contributed by atoms with Gasteiger partial charge in [-0.3, -0.25) is 9.59 Å². The van der Waals surface area contributed by atoms with Gasteiger partial charge in [0, 0.05) is 36.3 Å². The van der Waals surface area contributed by atoms with E-state index in [9.17, 15) is 32.4 Å². The number of alkyl halides is 3. The van der Waals surface area contributed by atoms with Crippen molar-refractivity contribution in [3.05, 3.63) is 81.3 Å². The molecule has 0 spiro atoms. The molecule has 2 aromatic rings. The zero-order chi connectivity index (χ0) is 29.1. The number of dihydropyridines is 1. The first-order valence-electron chi connectivity index (χ1n) is 13.1. The maximum Gasteiger partial charge on any atom is 0.416 e. The molecule has 1 unspecified atom stereocenters. The van der Waals surface area contributed by atoms with E-state index >= 15 is 0 Å². The number of nitriles is 1. The molecule has 0 radical (unpaired) electrons. The third-order valence-corrected chi connectivity index (χ3v) is 8.19. The number of ether oxygens (including phenoxy) is 1. The van der Waals surface area contributed by atoms with Crippen LogP contribution >= 0.6 is 11.8 Å². The van der Waals surface area contributed by atoms with Crippen LogP contribution in [0.2, 0.25) is 0 Å². The molecule has 0 bridgehead atoms. The van der Waals surface area contributed by atoms with Gasteiger partial charge in [0.15, 0.2) is 5.78 Å². The highest BCUT2D eigenvalue weighted by Crippen LogP contribution is 2.44. The first kappa shape index (κ1) is 28.7. The zero-order valence-corrected chi connectivity index (χ0v) is 22.6. The number of morpholine rings is 1. The Morgan fingerprint density at radius 2 is 1.93 bits per heavy atom. The predicted molar refractivity (Wildman–Crippen MR) is 146 cm³/mol. The minimum atomic E-state index is -4.60. The van der Waals surface area contributed by atoms with Crippen LogP contribution < -0.4 is 15.5 Å². The van der Waals surface area contributed by atoms with Gasteiger partial charge in [-0.1, -0.05) is 30.0 Å². The van der Waals surface area contributed by atoms with Crippen molar-refractivity contribution in [1.29, 1.82) is 5.26 Å². The largest absolute Gasteiger partial charge is 0.416 e. The number of allylic oxidation sites excluding steroid dienone is 3. The number of rotatable bonds is 6. The lowest BCUT2D eigenvalue weighted by atomic mass is 9.76. The van der Waals surface area contributed by atoms with E-state index in [1.54, 1.807) is 6.07 Å². The van der Waals surface area contributed by atoms with Gasteiger partial charge < -0.3 is 20.3 Å². The fraction of sp³-hybridized carbons (Fsp3) is 0.345. The van der Waals surface area contributed by atoms with Gasteiger partial charge >= 0.3 is 6.18 Å². The Labute approximate surface area is 238 Å². The summed E-state index contributed by atoms with van der Waals surface area (Å²) in [6, 6.07) is 11.3. The van der Waals surface area contributed by atoms with Crippen molar-refractivity contribution in [3.8, 4) is 6.07 Å². The van der Waals surface area contributed by atoms with Gasteiger partial charge in [-0.25, -0.2) is 4.39 Å². The summed E-state index contributed by atoms with van der Waals surface area (Å²) in [4.78, 5) is 27.8. The summed E-state index contributed by atoms with van der Waals surface area (Å²) in [7, 11) is 0. The van der Waals surface area contributed by atoms with Crippen LogP contribution in [0.5, 0.6) is 0 Å². The van der Waals surface area contributed by atoms with E-state index in [2.05, 4.69) is 16.7 Å². The van der Waals surface area contributed by atoms with Gasteiger partial charge in [0.25, 0.3) is 0 Å². The number of benzene rings is 2. The summed E-state index contributed by atoms with van der Waals surface area (Å²) < 4.78 is 60.7. The second-order valence-electron chi connectivity index (χ2n) is 9.77. The van der Waals surface area contributed by atoms with Gasteiger partial charge in [0.05, 0.1) is 58.5 Å². The predicted octanol–water partition coefficient (Wildman–Crippen LogP) is 5.48. The molecule has 1 amide bonds. The fourth-order valence-corrected chi connectivity index (χ4v) is 6.14. The third-order valence-electron chi connectivity index (χ3n) is 7.18. The van der Waals surface area contributed by atoms with Crippen LogP contribution in [0.4, 0.5) is 28.9 Å². The number of thioether (sulfide) groups is 1. The number of amides is 1. The molecule has 41 heavy (non-hydrogen) atoms. The van der Waals surface area contributed by atoms with Crippen LogP contribution in [-0.2, 0) is 20.5 Å². The zero-order valence-electron chi connectivity index (χ0n) is 21.8. The quantitative estimate of drug-likeness (QED) is 0.433. The summed E-state index contributed by atoms with van der Waals surface area (Å²) in [6.45, 7) is 1.73. The molecule has 1 saturated heterocycles. The lowest BCUT2D eigenvalue weighted by molar-refractivity contribution is -0.137. The van der Waals surface area contributed by atoms with E-state index in [-0.39, 0.29) is 34.8 Å². The van der Waals surface area contributed by atoms with Crippen molar-refractivity contribution in [2.45, 2.75) is 31.4 Å². The molecule has 1 aliphatic carbocycles. The average molecular weight is 587 g/mol. The van der Waals surface area contributed by atoms with Gasteiger partial charge in [0.1, 0.15) is 5.82 Å². The van der Waals surface area contributed by atoms with E-state index in [4.69, 9.17) is 4.74 Å². The lowest BCUT2D eigenvalue weighted by Gasteiger charge is -2.33. The highest BCUT2D eigenvalue weighted by molar-refractivity contribution is 8.03. The Kier molecular flexibility index (Phi) is 8.37. The molecule has 2 aromatic carbocycles. The van der Waals surface area contributed by atoms with E-state index in [0.29, 0.717) is 61.1 Å². The second kappa shape index (κ2) is 12.0. The Morgan fingerprint density at radius 3 is 2.63 bits per heavy atom. The minimum absolute atomic E-state index is 0.0190. The second-order valence-corrected chi connectivity index (χ2v) is 10.8. The number of carbonyl (C=O) groups excluding carboxylic acids is 2. The van der Waals surface area contributed by atoms with Crippen molar-refractivity contribution >= 4 is 34.8 Å². The van der Waals surface area contributed by atoms with E-state index in [1.807, 2.05) is 4.90 Å². The molecule has 2 heterocycles. The Bertz CT molecular complexity index is 1480. The van der Waals surface area contributed by atoms with E-state index < -0.39 is 29.4 Å². The molecule has 1 atom stereocenters. The summed E-state index contributed by atoms with van der Waals surface area (Å²) >= 11 is 0.980. The number of hydrogen-bond acceptors (Lipinski definition) is 7. The normalized spacial score (nSPS) is 19.4. The molecular formula is C29H26F4N4O3S. The summed E-state index contributed by atoms with van der Waals surface area (Å²) in [6.07, 6.45) is -3.19. The molecule has 2 aliphatic heterocycles. The molecule has 2 N–H and O–H groups in total. The number of Topliss-reactive ketones (excluding diaryl/α,β-unsaturated/α-hetero) is 1. The maximum atomic E-state index is 14.9. The van der Waals surface area contributed by atoms with Crippen molar-refractivity contribution in [3.63, 3.8) is 0 Å². The third kappa shape index (κ3) is 6.11. The number of ketones is 1. The summed E-state index contributed by atoms with van der Waals surface area (Å²) in [5.41, 5.74) is 0.808. The van der Waals surface area contributed by atoms with Gasteiger partial charge in [-0.15, -0.1) is 0 Å². The van der Waals surface area contributed by atoms with E-state index in [0.717, 1.165) is 23.9 Å². The number of nitrogens with one attached hydrogen (secondary N) is 2. The Balaban J connectivity index is 1.41. The summed E-state index contributed by atoms with van der Waals surface area (Å²) in [5.74, 6) is -2.47. The van der Waals surface area contributed by atoms with Crippen LogP contribution in [-0.4, -0.2) is 43.7 Å². The number of nitrogens with zero attached hydrogens (tertiary/aromatic N) is 2. The molecule has 5 rings (SSSR count). The standard InChI is InChI=1S/C29H26F4N4O3S/c30-20-5-2-1-4-18(20)26-19(15-34)28(36-21-6-3-7-24(38)27(21)26)41-16-25(39)35-22-14-17(29(31,32)33)8-9-23(22)37-10-12-40-13-11-37/h1-2,4-5,8-9,14,26,36H,3,6-7,10-13,16H2,(H,35,39). The molecule has 7 nitrogen and oxygen atoms in total. The number of hydrogen-bond donors (Lipinski definition) is 2. The van der Waals surface area contributed by atoms with Crippen LogP contribution in [0.3, 0.4) is 0 Å². The molecule has 1 fully saturated rings. The van der Waals surface area contributed by atoms with Crippen LogP contribution in [0, 0.1) is 17.1 Å². The van der Waals surface area contributed by atoms with Crippen molar-refractivity contribution in [2.75, 3.05) is 42.3 Å². The first-order valence-corrected chi connectivity index (χ1v) is 14.0. The van der Waals surface area contributed by atoms with Crippen LogP contribution in [0.15, 0.2) is 64.3 Å². The lowest BCUT2D eigenvalue weighted by Crippen LogP contribution is -2.37. The highest BCUT2D eigenvalue weighted by Gasteiger charge is 2.38. The fourth-order valence-electron chi connectivity index (χ4n) is 5.27. The summed E-state index contributed by atoms with van der Waals surface area (Å²) in [5, 5.41) is 16.1. The van der Waals surface area contributed by atoms with Crippen LogP contribution in [0.25, 0.3) is 0 Å². The van der Waals surface area contributed by atoms with Gasteiger partial charge in [-0.05, 0) is 37.1 Å². The van der Waals surface area contributed by atoms with Crippen LogP contribution in [0.1, 0.15) is 36.3 Å². The molecular weight excluding hydrogens is 560 g/mol. The number of halogens is 4. The Hall–Kier alpha value is -3.82. The van der Waals surface area contributed by atoms with Gasteiger partial charge in [-0.2, -0.15) is 18.4 Å². The molecule has 214 valence electrons.